The molecule has 0 fully saturated rings. The fourth-order valence-electron chi connectivity index (χ4n) is 4.83. The topological polar surface area (TPSA) is 92.3 Å². The van der Waals surface area contributed by atoms with Gasteiger partial charge in [0, 0.05) is 23.6 Å². The predicted molar refractivity (Wildman–Crippen MR) is 155 cm³/mol. The molecule has 0 saturated carbocycles. The monoisotopic (exact) mass is 616 g/mol. The van der Waals surface area contributed by atoms with Crippen LogP contribution >= 0.6 is 0 Å². The van der Waals surface area contributed by atoms with Gasteiger partial charge in [-0.1, -0.05) is 36.4 Å². The molecular weight excluding hydrogens is 592 g/mol. The molecule has 0 amide bonds. The highest BCUT2D eigenvalue weighted by molar-refractivity contribution is 5.93. The Balaban J connectivity index is 1.20. The van der Waals surface area contributed by atoms with Crippen molar-refractivity contribution in [2.75, 3.05) is 7.11 Å². The Kier molecular flexibility index (Phi) is 8.03. The maximum absolute atomic E-state index is 14.2. The largest absolute Gasteiger partial charge is 0.473 e. The number of methoxy groups -OCH3 is 1. The van der Waals surface area contributed by atoms with Gasteiger partial charge in [0.1, 0.15) is 24.0 Å². The number of benzene rings is 3. The Labute approximate surface area is 253 Å². The zero-order valence-corrected chi connectivity index (χ0v) is 23.7. The van der Waals surface area contributed by atoms with Gasteiger partial charge < -0.3 is 18.5 Å². The van der Waals surface area contributed by atoms with Gasteiger partial charge in [0.05, 0.1) is 47.7 Å². The number of halogens is 4. The van der Waals surface area contributed by atoms with Crippen molar-refractivity contribution < 1.29 is 36.2 Å². The summed E-state index contributed by atoms with van der Waals surface area (Å²) in [5, 5.41) is 0. The Hall–Kier alpha value is -5.52. The number of hydrogen-bond donors (Lipinski definition) is 0. The molecule has 45 heavy (non-hydrogen) atoms. The van der Waals surface area contributed by atoms with E-state index >= 15 is 0 Å². The van der Waals surface area contributed by atoms with Crippen LogP contribution in [0.2, 0.25) is 0 Å². The molecule has 0 N–H and O–H groups in total. The Bertz CT molecular complexity index is 1970. The summed E-state index contributed by atoms with van der Waals surface area (Å²) in [5.41, 5.74) is 3.14. The minimum Gasteiger partial charge on any atom is -0.473 e. The summed E-state index contributed by atoms with van der Waals surface area (Å²) in [6.07, 6.45) is -1.17. The van der Waals surface area contributed by atoms with Crippen LogP contribution in [0.1, 0.15) is 38.6 Å². The molecule has 6 aromatic rings. The highest BCUT2D eigenvalue weighted by Gasteiger charge is 2.31. The third-order valence-corrected chi connectivity index (χ3v) is 7.14. The molecule has 0 unspecified atom stereocenters. The quantitative estimate of drug-likeness (QED) is 0.125. The Morgan fingerprint density at radius 2 is 1.80 bits per heavy atom. The van der Waals surface area contributed by atoms with Gasteiger partial charge in [-0.15, -0.1) is 0 Å². The fraction of sp³-hybridized carbons (Fsp3) is 0.152. The molecule has 3 heterocycles. The van der Waals surface area contributed by atoms with E-state index in [9.17, 15) is 22.4 Å². The summed E-state index contributed by atoms with van der Waals surface area (Å²) in [4.78, 5) is 25.5. The number of esters is 1. The number of imidazole rings is 1. The van der Waals surface area contributed by atoms with E-state index in [4.69, 9.17) is 18.9 Å². The lowest BCUT2D eigenvalue weighted by Gasteiger charge is -2.11. The van der Waals surface area contributed by atoms with E-state index in [1.54, 1.807) is 42.6 Å². The number of rotatable bonds is 9. The molecule has 8 nitrogen and oxygen atoms in total. The maximum atomic E-state index is 14.2. The summed E-state index contributed by atoms with van der Waals surface area (Å²) in [6.45, 7) is 0.0805. The van der Waals surface area contributed by atoms with Crippen molar-refractivity contribution in [1.82, 2.24) is 19.5 Å². The van der Waals surface area contributed by atoms with E-state index in [0.29, 0.717) is 41.6 Å². The first kappa shape index (κ1) is 29.5. The van der Waals surface area contributed by atoms with Gasteiger partial charge >= 0.3 is 12.1 Å². The lowest BCUT2D eigenvalue weighted by molar-refractivity contribution is -0.137. The minimum absolute atomic E-state index is 0.0181. The average molecular weight is 617 g/mol. The van der Waals surface area contributed by atoms with Gasteiger partial charge in [0.2, 0.25) is 5.88 Å². The lowest BCUT2D eigenvalue weighted by atomic mass is 10.1. The smallest absolute Gasteiger partial charge is 0.416 e. The summed E-state index contributed by atoms with van der Waals surface area (Å²) in [5.74, 6) is 0.123. The molecule has 0 aliphatic rings. The van der Waals surface area contributed by atoms with Crippen LogP contribution in [-0.2, 0) is 30.5 Å². The van der Waals surface area contributed by atoms with Crippen molar-refractivity contribution in [2.45, 2.75) is 25.7 Å². The van der Waals surface area contributed by atoms with Crippen LogP contribution in [0.4, 0.5) is 17.6 Å². The zero-order chi connectivity index (χ0) is 31.6. The molecule has 0 spiro atoms. The highest BCUT2D eigenvalue weighted by Crippen LogP contribution is 2.31. The average Bonchev–Trinajstić information content (AvgIpc) is 3.68. The van der Waals surface area contributed by atoms with Crippen LogP contribution in [0.3, 0.4) is 0 Å². The molecule has 12 heteroatoms. The van der Waals surface area contributed by atoms with Gasteiger partial charge in [0.25, 0.3) is 0 Å². The molecule has 0 aliphatic heterocycles. The summed E-state index contributed by atoms with van der Waals surface area (Å²) in [6, 6.07) is 20.3. The molecular formula is C33H24F4N4O4. The number of carbonyl (C=O) groups excluding carboxylic acids is 1. The summed E-state index contributed by atoms with van der Waals surface area (Å²) < 4.78 is 70.7. The second kappa shape index (κ2) is 12.2. The fourth-order valence-corrected chi connectivity index (χ4v) is 4.83. The summed E-state index contributed by atoms with van der Waals surface area (Å²) >= 11 is 0. The SMILES string of the molecule is COC(=O)c1ccc2nc(Cc3ccc(-c4cccc(OCc5ccc(C(F)(F)F)cc5F)n4)cc3)n(Cc3cnco3)c2c1. The van der Waals surface area contributed by atoms with Crippen LogP contribution < -0.4 is 4.74 Å². The number of pyridine rings is 1. The van der Waals surface area contributed by atoms with E-state index in [0.717, 1.165) is 34.6 Å². The van der Waals surface area contributed by atoms with Gasteiger partial charge in [-0.25, -0.2) is 24.1 Å². The van der Waals surface area contributed by atoms with Crippen LogP contribution in [-0.4, -0.2) is 32.6 Å². The van der Waals surface area contributed by atoms with Crippen molar-refractivity contribution in [3.05, 3.63) is 131 Å². The van der Waals surface area contributed by atoms with Crippen molar-refractivity contribution in [3.8, 4) is 17.1 Å². The van der Waals surface area contributed by atoms with E-state index < -0.39 is 23.5 Å². The van der Waals surface area contributed by atoms with E-state index in [1.807, 2.05) is 28.8 Å². The van der Waals surface area contributed by atoms with Gasteiger partial charge in [0.15, 0.2) is 6.39 Å². The molecule has 0 bridgehead atoms. The molecule has 0 radical (unpaired) electrons. The highest BCUT2D eigenvalue weighted by atomic mass is 19.4. The molecule has 228 valence electrons. The number of fused-ring (bicyclic) bond motifs is 1. The number of hydrogen-bond acceptors (Lipinski definition) is 7. The van der Waals surface area contributed by atoms with Gasteiger partial charge in [-0.3, -0.25) is 0 Å². The third-order valence-electron chi connectivity index (χ3n) is 7.14. The molecule has 6 rings (SSSR count). The Morgan fingerprint density at radius 1 is 0.978 bits per heavy atom. The van der Waals surface area contributed by atoms with Crippen LogP contribution in [0.15, 0.2) is 95.9 Å². The van der Waals surface area contributed by atoms with Crippen molar-refractivity contribution >= 4 is 17.0 Å². The first-order valence-corrected chi connectivity index (χ1v) is 13.7. The van der Waals surface area contributed by atoms with Gasteiger partial charge in [-0.2, -0.15) is 13.2 Å². The molecule has 3 aromatic heterocycles. The van der Waals surface area contributed by atoms with E-state index in [2.05, 4.69) is 9.97 Å². The summed E-state index contributed by atoms with van der Waals surface area (Å²) in [7, 11) is 1.33. The standard InChI is InChI=1S/C33H24F4N4O4/c1-43-32(42)22-10-12-28-29(14-22)41(17-25-16-38-19-45-25)30(39-28)13-20-5-7-21(8-6-20)27-3-2-4-31(40-27)44-18-23-9-11-24(15-26(23)34)33(35,36)37/h2-12,14-16,19H,13,17-18H2,1H3. The van der Waals surface area contributed by atoms with Crippen molar-refractivity contribution in [1.29, 1.82) is 0 Å². The van der Waals surface area contributed by atoms with Gasteiger partial charge in [-0.05, 0) is 42.0 Å². The molecule has 0 saturated heterocycles. The molecule has 0 aliphatic carbocycles. The van der Waals surface area contributed by atoms with Crippen molar-refractivity contribution in [3.63, 3.8) is 0 Å². The van der Waals surface area contributed by atoms with Crippen LogP contribution in [0.25, 0.3) is 22.3 Å². The number of ether oxygens (including phenoxy) is 2. The molecule has 0 atom stereocenters. The second-order valence-electron chi connectivity index (χ2n) is 10.1. The first-order valence-electron chi connectivity index (χ1n) is 13.7. The second-order valence-corrected chi connectivity index (χ2v) is 10.1. The van der Waals surface area contributed by atoms with E-state index in [-0.39, 0.29) is 18.1 Å². The number of aromatic nitrogens is 4. The Morgan fingerprint density at radius 3 is 2.51 bits per heavy atom. The third kappa shape index (κ3) is 6.54. The number of oxazole rings is 1. The number of carbonyl (C=O) groups is 1. The minimum atomic E-state index is -4.63. The normalized spacial score (nSPS) is 11.6. The maximum Gasteiger partial charge on any atom is 0.416 e. The van der Waals surface area contributed by atoms with E-state index in [1.165, 1.54) is 13.5 Å². The predicted octanol–water partition coefficient (Wildman–Crippen LogP) is 7.25. The molecule has 3 aromatic carbocycles. The zero-order valence-electron chi connectivity index (χ0n) is 23.7. The van der Waals surface area contributed by atoms with Crippen LogP contribution in [0.5, 0.6) is 5.88 Å². The van der Waals surface area contributed by atoms with Crippen molar-refractivity contribution in [2.24, 2.45) is 0 Å². The number of alkyl halides is 3. The first-order chi connectivity index (χ1) is 21.7. The van der Waals surface area contributed by atoms with Crippen LogP contribution in [0, 0.1) is 5.82 Å². The lowest BCUT2D eigenvalue weighted by Crippen LogP contribution is -2.07. The number of nitrogens with zero attached hydrogens (tertiary/aromatic N) is 4.